The Labute approximate surface area is 142 Å². The average Bonchev–Trinajstić information content (AvgIpc) is 2.49. The summed E-state index contributed by atoms with van der Waals surface area (Å²) in [5.74, 6) is -0.630. The van der Waals surface area contributed by atoms with Crippen LogP contribution in [0.15, 0.2) is 36.4 Å². The van der Waals surface area contributed by atoms with Crippen LogP contribution < -0.4 is 4.74 Å². The van der Waals surface area contributed by atoms with Crippen LogP contribution in [0.1, 0.15) is 33.3 Å². The zero-order chi connectivity index (χ0) is 17.9. The van der Waals surface area contributed by atoms with Crippen LogP contribution in [-0.4, -0.2) is 24.5 Å². The third-order valence-electron chi connectivity index (χ3n) is 3.73. The van der Waals surface area contributed by atoms with Crippen molar-refractivity contribution in [1.29, 1.82) is 0 Å². The van der Waals surface area contributed by atoms with Crippen LogP contribution >= 0.6 is 0 Å². The summed E-state index contributed by atoms with van der Waals surface area (Å²) in [4.78, 5) is 24.2. The number of ether oxygens (including phenoxy) is 2. The van der Waals surface area contributed by atoms with Crippen molar-refractivity contribution in [2.75, 3.05) is 7.11 Å². The second-order valence-electron chi connectivity index (χ2n) is 6.95. The molecule has 4 heteroatoms. The van der Waals surface area contributed by atoms with Gasteiger partial charge in [-0.05, 0) is 62.6 Å². The number of hydrogen-bond donors (Lipinski definition) is 0. The minimum atomic E-state index is -0.778. The van der Waals surface area contributed by atoms with Gasteiger partial charge in [0.15, 0.2) is 0 Å². The topological polar surface area (TPSA) is 52.6 Å². The molecule has 0 spiro atoms. The van der Waals surface area contributed by atoms with Crippen LogP contribution in [0.5, 0.6) is 5.75 Å². The summed E-state index contributed by atoms with van der Waals surface area (Å²) in [6.45, 7) is 6.82. The standard InChI is InChI=1S/C20H24O4/c1-13(21)18(19(22)24-20(2,3)4)11-14-6-7-16-12-17(23-5)9-8-15(16)10-14/h6-10,12,18H,11H2,1-5H3. The van der Waals surface area contributed by atoms with Crippen molar-refractivity contribution in [2.24, 2.45) is 5.92 Å². The van der Waals surface area contributed by atoms with E-state index < -0.39 is 17.5 Å². The van der Waals surface area contributed by atoms with Crippen LogP contribution in [0.2, 0.25) is 0 Å². The summed E-state index contributed by atoms with van der Waals surface area (Å²) in [6.07, 6.45) is 0.339. The number of carbonyl (C=O) groups is 2. The van der Waals surface area contributed by atoms with E-state index in [1.807, 2.05) is 36.4 Å². The number of hydrogen-bond acceptors (Lipinski definition) is 4. The van der Waals surface area contributed by atoms with Crippen LogP contribution in [0.3, 0.4) is 0 Å². The van der Waals surface area contributed by atoms with Crippen molar-refractivity contribution >= 4 is 22.5 Å². The first-order valence-electron chi connectivity index (χ1n) is 7.99. The number of ketones is 1. The van der Waals surface area contributed by atoms with E-state index >= 15 is 0 Å². The summed E-state index contributed by atoms with van der Waals surface area (Å²) in [7, 11) is 1.63. The minimum absolute atomic E-state index is 0.181. The van der Waals surface area contributed by atoms with E-state index in [4.69, 9.17) is 9.47 Å². The maximum Gasteiger partial charge on any atom is 0.317 e. The number of Topliss-reactive ketones (excluding diaryl/α,β-unsaturated/α-hetero) is 1. The fourth-order valence-corrected chi connectivity index (χ4v) is 2.53. The summed E-state index contributed by atoms with van der Waals surface area (Å²) in [5, 5.41) is 2.09. The lowest BCUT2D eigenvalue weighted by atomic mass is 9.94. The maximum absolute atomic E-state index is 12.3. The Bertz CT molecular complexity index is 756. The molecule has 0 aliphatic carbocycles. The highest BCUT2D eigenvalue weighted by atomic mass is 16.6. The number of methoxy groups -OCH3 is 1. The fourth-order valence-electron chi connectivity index (χ4n) is 2.53. The van der Waals surface area contributed by atoms with Gasteiger partial charge in [-0.1, -0.05) is 24.3 Å². The molecule has 0 radical (unpaired) electrons. The van der Waals surface area contributed by atoms with Gasteiger partial charge in [0.2, 0.25) is 0 Å². The molecule has 0 fully saturated rings. The molecule has 0 saturated carbocycles. The maximum atomic E-state index is 12.3. The van der Waals surface area contributed by atoms with Crippen molar-refractivity contribution in [3.8, 4) is 5.75 Å². The van der Waals surface area contributed by atoms with Gasteiger partial charge in [-0.15, -0.1) is 0 Å². The molecule has 2 aromatic carbocycles. The van der Waals surface area contributed by atoms with E-state index in [2.05, 4.69) is 0 Å². The Morgan fingerprint density at radius 1 is 1.04 bits per heavy atom. The van der Waals surface area contributed by atoms with Gasteiger partial charge >= 0.3 is 5.97 Å². The average molecular weight is 328 g/mol. The summed E-state index contributed by atoms with van der Waals surface area (Å²) in [5.41, 5.74) is 0.323. The quantitative estimate of drug-likeness (QED) is 0.616. The van der Waals surface area contributed by atoms with Crippen LogP contribution in [0, 0.1) is 5.92 Å². The molecule has 4 nitrogen and oxygen atoms in total. The Balaban J connectivity index is 2.24. The molecule has 0 heterocycles. The van der Waals surface area contributed by atoms with Gasteiger partial charge in [0.1, 0.15) is 23.1 Å². The molecular formula is C20H24O4. The van der Waals surface area contributed by atoms with Gasteiger partial charge in [0.25, 0.3) is 0 Å². The lowest BCUT2D eigenvalue weighted by molar-refractivity contribution is -0.161. The van der Waals surface area contributed by atoms with E-state index in [0.717, 1.165) is 22.1 Å². The Morgan fingerprint density at radius 2 is 1.67 bits per heavy atom. The highest BCUT2D eigenvalue weighted by molar-refractivity contribution is 5.98. The second kappa shape index (κ2) is 7.04. The van der Waals surface area contributed by atoms with Crippen LogP contribution in [0.4, 0.5) is 0 Å². The van der Waals surface area contributed by atoms with Gasteiger partial charge in [-0.25, -0.2) is 0 Å². The smallest absolute Gasteiger partial charge is 0.317 e. The number of benzene rings is 2. The zero-order valence-corrected chi connectivity index (χ0v) is 14.9. The van der Waals surface area contributed by atoms with Gasteiger partial charge in [-0.2, -0.15) is 0 Å². The van der Waals surface area contributed by atoms with Gasteiger partial charge in [-0.3, -0.25) is 9.59 Å². The third-order valence-corrected chi connectivity index (χ3v) is 3.73. The molecule has 0 aliphatic heterocycles. The first-order chi connectivity index (χ1) is 11.2. The largest absolute Gasteiger partial charge is 0.497 e. The van der Waals surface area contributed by atoms with E-state index in [0.29, 0.717) is 6.42 Å². The van der Waals surface area contributed by atoms with Crippen molar-refractivity contribution in [3.05, 3.63) is 42.0 Å². The molecule has 2 rings (SSSR count). The lowest BCUT2D eigenvalue weighted by Gasteiger charge is -2.23. The van der Waals surface area contributed by atoms with Crippen LogP contribution in [-0.2, 0) is 20.7 Å². The second-order valence-corrected chi connectivity index (χ2v) is 6.95. The molecule has 24 heavy (non-hydrogen) atoms. The predicted molar refractivity (Wildman–Crippen MR) is 94.2 cm³/mol. The highest BCUT2D eigenvalue weighted by Crippen LogP contribution is 2.24. The molecule has 1 unspecified atom stereocenters. The SMILES string of the molecule is COc1ccc2cc(CC(C(C)=O)C(=O)OC(C)(C)C)ccc2c1. The predicted octanol–water partition coefficient (Wildman–Crippen LogP) is 3.94. The molecule has 0 aromatic heterocycles. The first-order valence-corrected chi connectivity index (χ1v) is 7.99. The van der Waals surface area contributed by atoms with Crippen molar-refractivity contribution in [1.82, 2.24) is 0 Å². The Morgan fingerprint density at radius 3 is 2.25 bits per heavy atom. The molecule has 0 aliphatic rings. The normalized spacial score (nSPS) is 12.7. The number of esters is 1. The molecule has 0 amide bonds. The fraction of sp³-hybridized carbons (Fsp3) is 0.400. The monoisotopic (exact) mass is 328 g/mol. The van der Waals surface area contributed by atoms with Crippen LogP contribution in [0.25, 0.3) is 10.8 Å². The summed E-state index contributed by atoms with van der Waals surface area (Å²) in [6, 6.07) is 11.7. The summed E-state index contributed by atoms with van der Waals surface area (Å²) < 4.78 is 10.6. The van der Waals surface area contributed by atoms with Gasteiger partial charge in [0.05, 0.1) is 7.11 Å². The first kappa shape index (κ1) is 18.0. The zero-order valence-electron chi connectivity index (χ0n) is 14.9. The Hall–Kier alpha value is -2.36. The van der Waals surface area contributed by atoms with Crippen molar-refractivity contribution < 1.29 is 19.1 Å². The van der Waals surface area contributed by atoms with Crippen molar-refractivity contribution in [2.45, 2.75) is 39.7 Å². The Kier molecular flexibility index (Phi) is 5.27. The van der Waals surface area contributed by atoms with E-state index in [1.54, 1.807) is 27.9 Å². The molecule has 0 bridgehead atoms. The van der Waals surface area contributed by atoms with E-state index in [1.165, 1.54) is 6.92 Å². The summed E-state index contributed by atoms with van der Waals surface area (Å²) >= 11 is 0. The number of fused-ring (bicyclic) bond motifs is 1. The molecule has 1 atom stereocenters. The highest BCUT2D eigenvalue weighted by Gasteiger charge is 2.29. The molecule has 0 N–H and O–H groups in total. The molecule has 2 aromatic rings. The molecule has 128 valence electrons. The minimum Gasteiger partial charge on any atom is -0.497 e. The van der Waals surface area contributed by atoms with Gasteiger partial charge in [0, 0.05) is 0 Å². The lowest BCUT2D eigenvalue weighted by Crippen LogP contribution is -2.33. The number of rotatable bonds is 5. The van der Waals surface area contributed by atoms with E-state index in [-0.39, 0.29) is 5.78 Å². The van der Waals surface area contributed by atoms with Gasteiger partial charge < -0.3 is 9.47 Å². The molecular weight excluding hydrogens is 304 g/mol. The number of carbonyl (C=O) groups excluding carboxylic acids is 2. The molecule has 0 saturated heterocycles. The third kappa shape index (κ3) is 4.57. The van der Waals surface area contributed by atoms with E-state index in [9.17, 15) is 9.59 Å². The van der Waals surface area contributed by atoms with Crippen molar-refractivity contribution in [3.63, 3.8) is 0 Å².